The van der Waals surface area contributed by atoms with Crippen molar-refractivity contribution < 1.29 is 19.2 Å². The van der Waals surface area contributed by atoms with E-state index in [-0.39, 0.29) is 23.6 Å². The largest absolute Gasteiger partial charge is 0.379 e. The number of benzene rings is 4. The lowest BCUT2D eigenvalue weighted by atomic mass is 10.1. The number of nitrogens with one attached hydrogen (secondary N) is 4. The Hall–Kier alpha value is -7.60. The minimum atomic E-state index is -0.577. The van der Waals surface area contributed by atoms with E-state index < -0.39 is 12.1 Å². The molecule has 4 N–H and O–H groups in total. The fourth-order valence-corrected chi connectivity index (χ4v) is 7.90. The van der Waals surface area contributed by atoms with E-state index >= 15 is 0 Å². The number of hydrogen-bond acceptors (Lipinski definition) is 8. The van der Waals surface area contributed by atoms with Crippen molar-refractivity contribution in [2.24, 2.45) is 0 Å². The molecular formula is C50H48N8O4. The first-order valence-electron chi connectivity index (χ1n) is 21.0. The molecule has 4 amide bonds. The Kier molecular flexibility index (Phi) is 13.0. The molecule has 12 nitrogen and oxygen atoms in total. The molecule has 2 fully saturated rings. The molecule has 312 valence electrons. The maximum atomic E-state index is 13.8. The zero-order valence-corrected chi connectivity index (χ0v) is 34.2. The molecule has 4 aromatic carbocycles. The molecule has 0 unspecified atom stereocenters. The minimum Gasteiger partial charge on any atom is -0.379 e. The SMILES string of the molecule is O=C(Nc1ccc(C=Cc2ccc(NC(=O)[C@@H]3CCCN3C(=O)c3ccccc3NCc3ccccn3)cc2)cc1)[C@@H]1CCCN1C(=O)c1ccccc1NCc1ccccn1. The van der Waals surface area contributed by atoms with Crippen LogP contribution >= 0.6 is 0 Å². The molecule has 2 aliphatic rings. The lowest BCUT2D eigenvalue weighted by molar-refractivity contribution is -0.120. The van der Waals surface area contributed by atoms with Gasteiger partial charge in [0.2, 0.25) is 11.8 Å². The molecule has 62 heavy (non-hydrogen) atoms. The third-order valence-corrected chi connectivity index (χ3v) is 11.1. The van der Waals surface area contributed by atoms with Crippen LogP contribution in [-0.4, -0.2) is 68.6 Å². The Labute approximate surface area is 361 Å². The summed E-state index contributed by atoms with van der Waals surface area (Å²) in [6, 6.07) is 40.1. The zero-order valence-electron chi connectivity index (χ0n) is 34.2. The summed E-state index contributed by atoms with van der Waals surface area (Å²) in [5, 5.41) is 12.7. The van der Waals surface area contributed by atoms with E-state index in [2.05, 4.69) is 31.2 Å². The highest BCUT2D eigenvalue weighted by molar-refractivity contribution is 6.05. The van der Waals surface area contributed by atoms with Crippen molar-refractivity contribution in [2.75, 3.05) is 34.4 Å². The number of pyridine rings is 2. The molecule has 0 radical (unpaired) electrons. The second-order valence-electron chi connectivity index (χ2n) is 15.3. The maximum absolute atomic E-state index is 13.8. The maximum Gasteiger partial charge on any atom is 0.256 e. The van der Waals surface area contributed by atoms with Crippen molar-refractivity contribution >= 4 is 58.5 Å². The quantitative estimate of drug-likeness (QED) is 0.0802. The van der Waals surface area contributed by atoms with Gasteiger partial charge in [-0.3, -0.25) is 29.1 Å². The van der Waals surface area contributed by atoms with Gasteiger partial charge >= 0.3 is 0 Å². The standard InChI is InChI=1S/C50H48N8O4/c59-47(45-17-9-31-57(45)49(61)41-13-1-3-15-43(41)53-33-39-11-5-7-29-51-39)55-37-25-21-35(22-26-37)19-20-36-23-27-38(28-24-36)56-48(60)46-18-10-32-58(46)50(62)42-14-2-4-16-44(42)54-34-40-12-6-8-30-52-40/h1-8,11-16,19-30,45-46,53-54H,9-10,17-18,31-34H2,(H,55,59)(H,56,60)/t45-,46-/m0/s1. The molecule has 0 spiro atoms. The van der Waals surface area contributed by atoms with Crippen molar-refractivity contribution in [1.82, 2.24) is 19.8 Å². The molecule has 2 saturated heterocycles. The van der Waals surface area contributed by atoms with Crippen molar-refractivity contribution in [2.45, 2.75) is 50.9 Å². The Morgan fingerprint density at radius 1 is 0.516 bits per heavy atom. The van der Waals surface area contributed by atoms with Crippen LogP contribution in [0.3, 0.4) is 0 Å². The molecule has 0 aliphatic carbocycles. The Bertz CT molecular complexity index is 2350. The first kappa shape index (κ1) is 41.1. The lowest BCUT2D eigenvalue weighted by Crippen LogP contribution is -2.43. The normalized spacial score (nSPS) is 15.9. The van der Waals surface area contributed by atoms with E-state index in [4.69, 9.17) is 0 Å². The van der Waals surface area contributed by atoms with Crippen LogP contribution in [-0.2, 0) is 22.7 Å². The smallest absolute Gasteiger partial charge is 0.256 e. The second-order valence-corrected chi connectivity index (χ2v) is 15.3. The van der Waals surface area contributed by atoms with Gasteiger partial charge in [0.25, 0.3) is 11.8 Å². The van der Waals surface area contributed by atoms with Crippen LogP contribution in [0, 0.1) is 0 Å². The highest BCUT2D eigenvalue weighted by Crippen LogP contribution is 2.28. The van der Waals surface area contributed by atoms with Crippen LogP contribution in [0.5, 0.6) is 0 Å². The molecule has 12 heteroatoms. The molecule has 2 aliphatic heterocycles. The van der Waals surface area contributed by atoms with Crippen LogP contribution in [0.4, 0.5) is 22.7 Å². The highest BCUT2D eigenvalue weighted by atomic mass is 16.2. The third kappa shape index (κ3) is 10.0. The van der Waals surface area contributed by atoms with Gasteiger partial charge in [-0.1, -0.05) is 72.8 Å². The van der Waals surface area contributed by atoms with Crippen LogP contribution in [0.15, 0.2) is 146 Å². The molecule has 0 saturated carbocycles. The number of aromatic nitrogens is 2. The Morgan fingerprint density at radius 2 is 0.919 bits per heavy atom. The number of nitrogens with zero attached hydrogens (tertiary/aromatic N) is 4. The topological polar surface area (TPSA) is 149 Å². The van der Waals surface area contributed by atoms with Crippen LogP contribution in [0.2, 0.25) is 0 Å². The van der Waals surface area contributed by atoms with Gasteiger partial charge in [0, 0.05) is 48.2 Å². The average molecular weight is 825 g/mol. The van der Waals surface area contributed by atoms with Gasteiger partial charge in [0.05, 0.1) is 35.6 Å². The molecule has 2 aromatic heterocycles. The van der Waals surface area contributed by atoms with Gasteiger partial charge in [0.15, 0.2) is 0 Å². The monoisotopic (exact) mass is 824 g/mol. The van der Waals surface area contributed by atoms with Gasteiger partial charge in [-0.15, -0.1) is 0 Å². The van der Waals surface area contributed by atoms with E-state index in [9.17, 15) is 19.2 Å². The molecule has 2 atom stereocenters. The molecule has 4 heterocycles. The van der Waals surface area contributed by atoms with Crippen molar-refractivity contribution in [3.63, 3.8) is 0 Å². The van der Waals surface area contributed by atoms with E-state index in [1.54, 1.807) is 34.3 Å². The van der Waals surface area contributed by atoms with E-state index in [0.29, 0.717) is 72.9 Å². The number of para-hydroxylation sites is 2. The van der Waals surface area contributed by atoms with Crippen LogP contribution in [0.25, 0.3) is 12.2 Å². The van der Waals surface area contributed by atoms with E-state index in [0.717, 1.165) is 35.4 Å². The fourth-order valence-electron chi connectivity index (χ4n) is 7.90. The van der Waals surface area contributed by atoms with Crippen LogP contribution < -0.4 is 21.3 Å². The summed E-state index contributed by atoms with van der Waals surface area (Å²) >= 11 is 0. The molecule has 6 aromatic rings. The predicted molar refractivity (Wildman–Crippen MR) is 243 cm³/mol. The molecule has 0 bridgehead atoms. The van der Waals surface area contributed by atoms with Gasteiger partial charge < -0.3 is 31.1 Å². The highest BCUT2D eigenvalue weighted by Gasteiger charge is 2.36. The Morgan fingerprint density at radius 3 is 1.32 bits per heavy atom. The lowest BCUT2D eigenvalue weighted by Gasteiger charge is -2.25. The van der Waals surface area contributed by atoms with Crippen molar-refractivity contribution in [3.05, 3.63) is 179 Å². The number of anilines is 4. The number of amides is 4. The number of carbonyl (C=O) groups is 4. The summed E-state index contributed by atoms with van der Waals surface area (Å²) in [5.41, 5.74) is 7.33. The third-order valence-electron chi connectivity index (χ3n) is 11.1. The second kappa shape index (κ2) is 19.6. The zero-order chi connectivity index (χ0) is 42.7. The first-order chi connectivity index (χ1) is 30.4. The van der Waals surface area contributed by atoms with Crippen LogP contribution in [0.1, 0.15) is 68.9 Å². The number of rotatable bonds is 14. The molecule has 8 rings (SSSR count). The summed E-state index contributed by atoms with van der Waals surface area (Å²) in [6.45, 7) is 1.96. The van der Waals surface area contributed by atoms with E-state index in [1.165, 1.54) is 0 Å². The number of likely N-dealkylation sites (tertiary alicyclic amines) is 2. The Balaban J connectivity index is 0.829. The average Bonchev–Trinajstić information content (AvgIpc) is 4.03. The van der Waals surface area contributed by atoms with Gasteiger partial charge in [-0.2, -0.15) is 0 Å². The number of carbonyl (C=O) groups excluding carboxylic acids is 4. The summed E-state index contributed by atoms with van der Waals surface area (Å²) in [7, 11) is 0. The fraction of sp³-hybridized carbons (Fsp3) is 0.200. The predicted octanol–water partition coefficient (Wildman–Crippen LogP) is 8.36. The van der Waals surface area contributed by atoms with Gasteiger partial charge in [0.1, 0.15) is 12.1 Å². The molecular weight excluding hydrogens is 777 g/mol. The summed E-state index contributed by atoms with van der Waals surface area (Å²) < 4.78 is 0. The van der Waals surface area contributed by atoms with Crippen molar-refractivity contribution in [3.8, 4) is 0 Å². The van der Waals surface area contributed by atoms with Gasteiger partial charge in [-0.25, -0.2) is 0 Å². The number of hydrogen-bond donors (Lipinski definition) is 4. The summed E-state index contributed by atoms with van der Waals surface area (Å²) in [4.78, 5) is 66.6. The summed E-state index contributed by atoms with van der Waals surface area (Å²) in [5.74, 6) is -0.794. The minimum absolute atomic E-state index is 0.182. The summed E-state index contributed by atoms with van der Waals surface area (Å²) in [6.07, 6.45) is 10.1. The van der Waals surface area contributed by atoms with Crippen molar-refractivity contribution in [1.29, 1.82) is 0 Å². The van der Waals surface area contributed by atoms with Gasteiger partial charge in [-0.05, 0) is 110 Å². The first-order valence-corrected chi connectivity index (χ1v) is 21.0. The van der Waals surface area contributed by atoms with E-state index in [1.807, 2.05) is 133 Å².